The number of ether oxygens (including phenoxy) is 1. The number of methoxy groups -OCH3 is 1. The fourth-order valence-corrected chi connectivity index (χ4v) is 5.45. The van der Waals surface area contributed by atoms with E-state index in [0.29, 0.717) is 29.1 Å². The number of anilines is 1. The number of carbonyl (C=O) groups is 1. The fraction of sp³-hybridized carbons (Fsp3) is 0.346. The van der Waals surface area contributed by atoms with E-state index >= 15 is 0 Å². The second-order valence-electron chi connectivity index (χ2n) is 8.62. The summed E-state index contributed by atoms with van der Waals surface area (Å²) >= 11 is 0. The summed E-state index contributed by atoms with van der Waals surface area (Å²) in [5.74, 6) is 0.884. The van der Waals surface area contributed by atoms with Crippen LogP contribution in [-0.4, -0.2) is 46.0 Å². The minimum absolute atomic E-state index is 0.00206. The molecule has 2 N–H and O–H groups in total. The summed E-state index contributed by atoms with van der Waals surface area (Å²) in [6.07, 6.45) is 5.07. The van der Waals surface area contributed by atoms with E-state index in [1.165, 1.54) is 25.7 Å². The van der Waals surface area contributed by atoms with E-state index in [4.69, 9.17) is 9.15 Å². The Hall–Kier alpha value is -3.30. The van der Waals surface area contributed by atoms with Crippen LogP contribution >= 0.6 is 0 Å². The van der Waals surface area contributed by atoms with Crippen LogP contribution in [0.25, 0.3) is 0 Å². The van der Waals surface area contributed by atoms with Crippen molar-refractivity contribution >= 4 is 21.6 Å². The van der Waals surface area contributed by atoms with Crippen molar-refractivity contribution in [2.45, 2.75) is 37.1 Å². The lowest BCUT2D eigenvalue weighted by molar-refractivity contribution is 0.0913. The molecule has 0 bridgehead atoms. The Balaban J connectivity index is 1.52. The van der Waals surface area contributed by atoms with Crippen LogP contribution in [0.4, 0.5) is 5.69 Å². The number of hydrogen-bond acceptors (Lipinski definition) is 6. The summed E-state index contributed by atoms with van der Waals surface area (Å²) in [7, 11) is -2.46. The quantitative estimate of drug-likeness (QED) is 0.456. The highest BCUT2D eigenvalue weighted by Gasteiger charge is 2.26. The van der Waals surface area contributed by atoms with Crippen LogP contribution in [0.5, 0.6) is 5.75 Å². The first kappa shape index (κ1) is 24.8. The van der Waals surface area contributed by atoms with Gasteiger partial charge in [-0.2, -0.15) is 0 Å². The van der Waals surface area contributed by atoms with E-state index in [2.05, 4.69) is 14.9 Å². The molecule has 1 saturated heterocycles. The molecule has 8 nitrogen and oxygen atoms in total. The minimum Gasteiger partial charge on any atom is -0.495 e. The molecule has 1 fully saturated rings. The Morgan fingerprint density at radius 3 is 2.57 bits per heavy atom. The average Bonchev–Trinajstić information content (AvgIpc) is 3.39. The summed E-state index contributed by atoms with van der Waals surface area (Å²) in [6, 6.07) is 15.0. The molecule has 35 heavy (non-hydrogen) atoms. The summed E-state index contributed by atoms with van der Waals surface area (Å²) in [6.45, 7) is 4.04. The number of likely N-dealkylation sites (tertiary alicyclic amines) is 1. The Kier molecular flexibility index (Phi) is 7.77. The molecule has 1 atom stereocenters. The highest BCUT2D eigenvalue weighted by Crippen LogP contribution is 2.27. The topological polar surface area (TPSA) is 101 Å². The third kappa shape index (κ3) is 5.86. The van der Waals surface area contributed by atoms with Crippen molar-refractivity contribution in [1.29, 1.82) is 0 Å². The zero-order valence-electron chi connectivity index (χ0n) is 20.0. The van der Waals surface area contributed by atoms with Gasteiger partial charge in [-0.3, -0.25) is 14.4 Å². The molecule has 1 aliphatic heterocycles. The lowest BCUT2D eigenvalue weighted by Crippen LogP contribution is -2.40. The van der Waals surface area contributed by atoms with E-state index in [9.17, 15) is 13.2 Å². The van der Waals surface area contributed by atoms with E-state index in [-0.39, 0.29) is 16.8 Å². The van der Waals surface area contributed by atoms with Crippen LogP contribution in [0.15, 0.2) is 70.2 Å². The van der Waals surface area contributed by atoms with Gasteiger partial charge in [0.15, 0.2) is 0 Å². The number of carbonyl (C=O) groups excluding carboxylic acids is 1. The molecule has 0 unspecified atom stereocenters. The Morgan fingerprint density at radius 2 is 1.86 bits per heavy atom. The molecular formula is C26H31N3O5S. The number of para-hydroxylation sites is 2. The number of nitrogens with one attached hydrogen (secondary N) is 2. The molecule has 0 radical (unpaired) electrons. The Labute approximate surface area is 206 Å². The van der Waals surface area contributed by atoms with E-state index in [1.54, 1.807) is 43.5 Å². The number of furan rings is 1. The first-order valence-electron chi connectivity index (χ1n) is 11.7. The van der Waals surface area contributed by atoms with Gasteiger partial charge >= 0.3 is 0 Å². The third-order valence-corrected chi connectivity index (χ3v) is 7.64. The molecule has 2 heterocycles. The second-order valence-corrected chi connectivity index (χ2v) is 10.3. The maximum Gasteiger partial charge on any atom is 0.262 e. The Bertz CT molecular complexity index is 1250. The summed E-state index contributed by atoms with van der Waals surface area (Å²) < 4.78 is 39.6. The second kappa shape index (κ2) is 11.0. The summed E-state index contributed by atoms with van der Waals surface area (Å²) in [4.78, 5) is 15.5. The van der Waals surface area contributed by atoms with Gasteiger partial charge in [0.1, 0.15) is 11.5 Å². The van der Waals surface area contributed by atoms with Crippen molar-refractivity contribution in [2.24, 2.45) is 0 Å². The molecule has 0 aliphatic carbocycles. The van der Waals surface area contributed by atoms with Gasteiger partial charge in [-0.1, -0.05) is 24.6 Å². The molecule has 186 valence electrons. The molecule has 4 rings (SSSR count). The first-order valence-corrected chi connectivity index (χ1v) is 13.2. The molecule has 1 aromatic heterocycles. The molecule has 2 aromatic carbocycles. The van der Waals surface area contributed by atoms with E-state index in [0.717, 1.165) is 31.7 Å². The highest BCUT2D eigenvalue weighted by atomic mass is 32.2. The maximum absolute atomic E-state index is 13.2. The zero-order chi connectivity index (χ0) is 24.8. The number of nitrogens with zero attached hydrogens (tertiary/aromatic N) is 1. The number of rotatable bonds is 9. The monoisotopic (exact) mass is 497 g/mol. The third-order valence-electron chi connectivity index (χ3n) is 6.27. The number of piperidine rings is 1. The molecule has 0 spiro atoms. The summed E-state index contributed by atoms with van der Waals surface area (Å²) in [5, 5.41) is 3.00. The van der Waals surface area contributed by atoms with E-state index in [1.807, 2.05) is 12.1 Å². The lowest BCUT2D eigenvalue weighted by atomic mass is 10.1. The number of sulfonamides is 1. The number of amides is 1. The Morgan fingerprint density at radius 1 is 1.09 bits per heavy atom. The van der Waals surface area contributed by atoms with Crippen LogP contribution in [0.3, 0.4) is 0 Å². The molecular weight excluding hydrogens is 466 g/mol. The molecule has 1 amide bonds. The van der Waals surface area contributed by atoms with Gasteiger partial charge in [-0.05, 0) is 74.8 Å². The first-order chi connectivity index (χ1) is 16.9. The normalized spacial score (nSPS) is 15.4. The standard InChI is InChI=1S/C26H31N3O5S/c1-19-12-13-20(35(31,32)28-22-9-4-5-10-24(22)33-2)17-21(19)26(30)27-18-23(25-11-8-16-34-25)29-14-6-3-7-15-29/h4-5,8-13,16-17,23,28H,3,6-7,14-15,18H2,1-2H3,(H,27,30)/t23-/m1/s1. The van der Waals surface area contributed by atoms with Gasteiger partial charge < -0.3 is 14.5 Å². The van der Waals surface area contributed by atoms with Crippen molar-refractivity contribution in [3.63, 3.8) is 0 Å². The highest BCUT2D eigenvalue weighted by molar-refractivity contribution is 7.92. The van der Waals surface area contributed by atoms with Gasteiger partial charge in [-0.25, -0.2) is 8.42 Å². The van der Waals surface area contributed by atoms with Crippen LogP contribution in [0.1, 0.15) is 47.0 Å². The molecule has 3 aromatic rings. The molecule has 1 aliphatic rings. The minimum atomic E-state index is -3.94. The van der Waals surface area contributed by atoms with Crippen molar-refractivity contribution in [2.75, 3.05) is 31.5 Å². The number of aryl methyl sites for hydroxylation is 1. The van der Waals surface area contributed by atoms with Gasteiger partial charge in [0, 0.05) is 12.1 Å². The van der Waals surface area contributed by atoms with Crippen LogP contribution in [0, 0.1) is 6.92 Å². The number of benzene rings is 2. The largest absolute Gasteiger partial charge is 0.495 e. The van der Waals surface area contributed by atoms with Crippen LogP contribution in [-0.2, 0) is 10.0 Å². The van der Waals surface area contributed by atoms with Crippen molar-refractivity contribution < 1.29 is 22.4 Å². The smallest absolute Gasteiger partial charge is 0.262 e. The van der Waals surface area contributed by atoms with Gasteiger partial charge in [0.2, 0.25) is 0 Å². The van der Waals surface area contributed by atoms with Crippen molar-refractivity contribution in [3.8, 4) is 5.75 Å². The molecule has 0 saturated carbocycles. The van der Waals surface area contributed by atoms with Gasteiger partial charge in [0.25, 0.3) is 15.9 Å². The fourth-order valence-electron chi connectivity index (χ4n) is 4.35. The SMILES string of the molecule is COc1ccccc1NS(=O)(=O)c1ccc(C)c(C(=O)NC[C@H](c2ccco2)N2CCCCC2)c1. The van der Waals surface area contributed by atoms with Crippen molar-refractivity contribution in [3.05, 3.63) is 77.7 Å². The van der Waals surface area contributed by atoms with Crippen LogP contribution < -0.4 is 14.8 Å². The van der Waals surface area contributed by atoms with Gasteiger partial charge in [-0.15, -0.1) is 0 Å². The zero-order valence-corrected chi connectivity index (χ0v) is 20.8. The van der Waals surface area contributed by atoms with Crippen molar-refractivity contribution in [1.82, 2.24) is 10.2 Å². The van der Waals surface area contributed by atoms with E-state index < -0.39 is 10.0 Å². The summed E-state index contributed by atoms with van der Waals surface area (Å²) in [5.41, 5.74) is 1.32. The predicted octanol–water partition coefficient (Wildman–Crippen LogP) is 4.35. The predicted molar refractivity (Wildman–Crippen MR) is 134 cm³/mol. The maximum atomic E-state index is 13.2. The van der Waals surface area contributed by atoms with Gasteiger partial charge in [0.05, 0.1) is 30.0 Å². The lowest BCUT2D eigenvalue weighted by Gasteiger charge is -2.33. The number of hydrogen-bond donors (Lipinski definition) is 2. The van der Waals surface area contributed by atoms with Crippen LogP contribution in [0.2, 0.25) is 0 Å². The molecule has 9 heteroatoms. The average molecular weight is 498 g/mol.